The zero-order valence-electron chi connectivity index (χ0n) is 15.9. The highest BCUT2D eigenvalue weighted by Crippen LogP contribution is 2.18. The van der Waals surface area contributed by atoms with Crippen molar-refractivity contribution in [3.05, 3.63) is 59.3 Å². The van der Waals surface area contributed by atoms with Crippen LogP contribution in [0.3, 0.4) is 0 Å². The third-order valence-corrected chi connectivity index (χ3v) is 4.95. The van der Waals surface area contributed by atoms with E-state index in [1.807, 2.05) is 0 Å². The van der Waals surface area contributed by atoms with Crippen LogP contribution in [-0.4, -0.2) is 60.9 Å². The summed E-state index contributed by atoms with van der Waals surface area (Å²) in [6.07, 6.45) is 2.13. The lowest BCUT2D eigenvalue weighted by molar-refractivity contribution is -0.118. The van der Waals surface area contributed by atoms with E-state index in [-0.39, 0.29) is 18.5 Å². The van der Waals surface area contributed by atoms with E-state index >= 15 is 0 Å². The maximum absolute atomic E-state index is 12.2. The highest BCUT2D eigenvalue weighted by atomic mass is 16.5. The smallest absolute Gasteiger partial charge is 0.247 e. The number of β-amino-alcohol motifs (C(OH)–C–C–N with tert-alkyl or cyclic N) is 1. The quantitative estimate of drug-likeness (QED) is 0.469. The van der Waals surface area contributed by atoms with Crippen molar-refractivity contribution in [3.63, 3.8) is 0 Å². The van der Waals surface area contributed by atoms with Crippen LogP contribution >= 0.6 is 0 Å². The van der Waals surface area contributed by atoms with Crippen LogP contribution in [0.2, 0.25) is 0 Å². The number of aliphatic hydroxyl groups is 1. The van der Waals surface area contributed by atoms with Gasteiger partial charge in [-0.1, -0.05) is 30.8 Å². The molecule has 0 bridgehead atoms. The maximum Gasteiger partial charge on any atom is 0.247 e. The van der Waals surface area contributed by atoms with Crippen LogP contribution in [0, 0.1) is 0 Å². The Hall–Kier alpha value is -2.15. The number of amides is 1. The number of benzene rings is 1. The maximum atomic E-state index is 12.2. The van der Waals surface area contributed by atoms with Crippen molar-refractivity contribution in [2.75, 3.05) is 32.8 Å². The summed E-state index contributed by atoms with van der Waals surface area (Å²) in [5.41, 5.74) is 3.97. The number of rotatable bonds is 8. The Kier molecular flexibility index (Phi) is 6.66. The van der Waals surface area contributed by atoms with Crippen LogP contribution in [0.1, 0.15) is 18.1 Å². The van der Waals surface area contributed by atoms with Gasteiger partial charge in [0.1, 0.15) is 0 Å². The van der Waals surface area contributed by atoms with E-state index in [2.05, 4.69) is 46.4 Å². The molecule has 1 atom stereocenters. The van der Waals surface area contributed by atoms with Gasteiger partial charge in [-0.15, -0.1) is 0 Å². The van der Waals surface area contributed by atoms with Gasteiger partial charge in [-0.25, -0.2) is 0 Å². The molecule has 2 aliphatic rings. The predicted octanol–water partition coefficient (Wildman–Crippen LogP) is 0.970. The van der Waals surface area contributed by atoms with Crippen LogP contribution < -0.4 is 10.6 Å². The van der Waals surface area contributed by atoms with Gasteiger partial charge in [0.25, 0.3) is 0 Å². The first-order valence-corrected chi connectivity index (χ1v) is 9.48. The van der Waals surface area contributed by atoms with Gasteiger partial charge in [-0.05, 0) is 30.5 Å². The predicted molar refractivity (Wildman–Crippen MR) is 105 cm³/mol. The topological polar surface area (TPSA) is 73.8 Å². The monoisotopic (exact) mass is 371 g/mol. The zero-order chi connectivity index (χ0) is 19.2. The minimum atomic E-state index is -0.597. The standard InChI is InChI=1S/C21H29N3O3/c1-15(9-16(2)23-19-13-27-14-19)21(26)22-10-20(25)12-24-8-7-17-5-3-4-6-18(17)11-24/h3-6,9,19-20,23,25H,2,7-8,10-14H2,1H3,(H,22,26)/b15-9+/t20-/m0/s1. The molecule has 1 aromatic rings. The second-order valence-electron chi connectivity index (χ2n) is 7.35. The fourth-order valence-corrected chi connectivity index (χ4v) is 3.37. The van der Waals surface area contributed by atoms with Gasteiger partial charge >= 0.3 is 0 Å². The Balaban J connectivity index is 1.40. The van der Waals surface area contributed by atoms with Gasteiger partial charge in [-0.2, -0.15) is 0 Å². The molecule has 0 spiro atoms. The first-order chi connectivity index (χ1) is 13.0. The van der Waals surface area contributed by atoms with Gasteiger partial charge in [-0.3, -0.25) is 9.69 Å². The Morgan fingerprint density at radius 2 is 2.15 bits per heavy atom. The van der Waals surface area contributed by atoms with E-state index in [0.717, 1.165) is 19.5 Å². The number of ether oxygens (including phenoxy) is 1. The number of allylic oxidation sites excluding steroid dienone is 1. The van der Waals surface area contributed by atoms with E-state index in [1.54, 1.807) is 13.0 Å². The molecule has 1 amide bonds. The van der Waals surface area contributed by atoms with Gasteiger partial charge in [0, 0.05) is 37.4 Å². The summed E-state index contributed by atoms with van der Waals surface area (Å²) in [6, 6.07) is 8.70. The SMILES string of the molecule is C=C(/C=C(\C)C(=O)NC[C@H](O)CN1CCc2ccccc2C1)NC1COC1. The molecule has 1 aromatic carbocycles. The number of carbonyl (C=O) groups is 1. The third-order valence-electron chi connectivity index (χ3n) is 4.95. The summed E-state index contributed by atoms with van der Waals surface area (Å²) in [5.74, 6) is -0.189. The van der Waals surface area contributed by atoms with Crippen molar-refractivity contribution in [3.8, 4) is 0 Å². The van der Waals surface area contributed by atoms with Crippen molar-refractivity contribution < 1.29 is 14.6 Å². The first-order valence-electron chi connectivity index (χ1n) is 9.48. The molecular formula is C21H29N3O3. The van der Waals surface area contributed by atoms with Gasteiger partial charge in [0.15, 0.2) is 0 Å². The van der Waals surface area contributed by atoms with Gasteiger partial charge in [0.05, 0.1) is 25.4 Å². The van der Waals surface area contributed by atoms with Crippen LogP contribution in [0.25, 0.3) is 0 Å². The molecule has 3 rings (SSSR count). The highest BCUT2D eigenvalue weighted by molar-refractivity contribution is 5.93. The zero-order valence-corrected chi connectivity index (χ0v) is 15.9. The second-order valence-corrected chi connectivity index (χ2v) is 7.35. The molecule has 2 aliphatic heterocycles. The Morgan fingerprint density at radius 3 is 2.85 bits per heavy atom. The molecule has 0 aliphatic carbocycles. The fourth-order valence-electron chi connectivity index (χ4n) is 3.37. The molecular weight excluding hydrogens is 342 g/mol. The van der Waals surface area contributed by atoms with Crippen LogP contribution in [0.5, 0.6) is 0 Å². The normalized spacial score (nSPS) is 19.0. The fraction of sp³-hybridized carbons (Fsp3) is 0.476. The second kappa shape index (κ2) is 9.17. The molecule has 27 heavy (non-hydrogen) atoms. The average Bonchev–Trinajstić information content (AvgIpc) is 2.62. The van der Waals surface area contributed by atoms with Gasteiger partial charge in [0.2, 0.25) is 5.91 Å². The van der Waals surface area contributed by atoms with Crippen LogP contribution in [-0.2, 0) is 22.5 Å². The largest absolute Gasteiger partial charge is 0.390 e. The van der Waals surface area contributed by atoms with Crippen LogP contribution in [0.15, 0.2) is 48.2 Å². The molecule has 6 heteroatoms. The molecule has 0 radical (unpaired) electrons. The van der Waals surface area contributed by atoms with E-state index < -0.39 is 6.10 Å². The molecule has 0 saturated carbocycles. The molecule has 0 aromatic heterocycles. The summed E-state index contributed by atoms with van der Waals surface area (Å²) in [4.78, 5) is 14.4. The van der Waals surface area contributed by atoms with E-state index in [0.29, 0.717) is 31.0 Å². The van der Waals surface area contributed by atoms with Crippen molar-refractivity contribution in [2.24, 2.45) is 0 Å². The lowest BCUT2D eigenvalue weighted by Gasteiger charge is -2.30. The Labute approximate surface area is 160 Å². The molecule has 6 nitrogen and oxygen atoms in total. The summed E-state index contributed by atoms with van der Waals surface area (Å²) >= 11 is 0. The number of aliphatic hydroxyl groups excluding tert-OH is 1. The summed E-state index contributed by atoms with van der Waals surface area (Å²) < 4.78 is 5.10. The molecule has 146 valence electrons. The Bertz CT molecular complexity index is 712. The molecule has 0 unspecified atom stereocenters. The molecule has 2 heterocycles. The minimum absolute atomic E-state index is 0.189. The van der Waals surface area contributed by atoms with Crippen molar-refractivity contribution in [2.45, 2.75) is 32.0 Å². The van der Waals surface area contributed by atoms with Crippen LogP contribution in [0.4, 0.5) is 0 Å². The number of nitrogens with one attached hydrogen (secondary N) is 2. The van der Waals surface area contributed by atoms with E-state index in [1.165, 1.54) is 11.1 Å². The first kappa shape index (κ1) is 19.6. The number of nitrogens with zero attached hydrogens (tertiary/aromatic N) is 1. The number of hydrogen-bond donors (Lipinski definition) is 3. The molecule has 1 saturated heterocycles. The number of fused-ring (bicyclic) bond motifs is 1. The Morgan fingerprint density at radius 1 is 1.41 bits per heavy atom. The summed E-state index contributed by atoms with van der Waals surface area (Å²) in [7, 11) is 0. The lowest BCUT2D eigenvalue weighted by atomic mass is 10.00. The summed E-state index contributed by atoms with van der Waals surface area (Å²) in [5, 5.41) is 16.3. The van der Waals surface area contributed by atoms with E-state index in [9.17, 15) is 9.90 Å². The molecule has 1 fully saturated rings. The van der Waals surface area contributed by atoms with Gasteiger partial charge < -0.3 is 20.5 Å². The summed E-state index contributed by atoms with van der Waals surface area (Å²) in [6.45, 7) is 9.55. The lowest BCUT2D eigenvalue weighted by Crippen LogP contribution is -2.45. The number of carbonyl (C=O) groups excluding carboxylic acids is 1. The average molecular weight is 371 g/mol. The molecule has 3 N–H and O–H groups in total. The van der Waals surface area contributed by atoms with Crippen molar-refractivity contribution in [1.82, 2.24) is 15.5 Å². The minimum Gasteiger partial charge on any atom is -0.390 e. The highest BCUT2D eigenvalue weighted by Gasteiger charge is 2.19. The van der Waals surface area contributed by atoms with E-state index in [4.69, 9.17) is 4.74 Å². The van der Waals surface area contributed by atoms with Crippen molar-refractivity contribution >= 4 is 5.91 Å². The van der Waals surface area contributed by atoms with Crippen molar-refractivity contribution in [1.29, 1.82) is 0 Å². The third kappa shape index (κ3) is 5.66. The number of hydrogen-bond acceptors (Lipinski definition) is 5.